The molecular formula is C23H18Cl2N2O3. The van der Waals surface area contributed by atoms with Gasteiger partial charge in [0.05, 0.1) is 17.4 Å². The molecular weight excluding hydrogens is 423 g/mol. The maximum absolute atomic E-state index is 12.9. The SMILES string of the molecule is Cn1c(=O)n(Cc2ccc(Cl)c(COc3cccc(Cl)c3)c2)c(=O)c2ccccc21. The Hall–Kier alpha value is -3.02. The van der Waals surface area contributed by atoms with Crippen molar-refractivity contribution in [2.75, 3.05) is 0 Å². The van der Waals surface area contributed by atoms with Crippen LogP contribution in [0.15, 0.2) is 76.3 Å². The van der Waals surface area contributed by atoms with Gasteiger partial charge in [-0.25, -0.2) is 4.79 Å². The summed E-state index contributed by atoms with van der Waals surface area (Å²) in [4.78, 5) is 25.7. The number of rotatable bonds is 5. The van der Waals surface area contributed by atoms with Gasteiger partial charge in [0.2, 0.25) is 0 Å². The van der Waals surface area contributed by atoms with Gasteiger partial charge in [0.15, 0.2) is 0 Å². The minimum absolute atomic E-state index is 0.137. The molecule has 4 rings (SSSR count). The standard InChI is InChI=1S/C23H18Cl2N2O3/c1-26-21-8-3-2-7-19(21)22(28)27(23(26)29)13-15-9-10-20(25)16(11-15)14-30-18-6-4-5-17(24)12-18/h2-12H,13-14H2,1H3. The first kappa shape index (κ1) is 20.3. The van der Waals surface area contributed by atoms with Gasteiger partial charge in [-0.15, -0.1) is 0 Å². The van der Waals surface area contributed by atoms with Crippen molar-refractivity contribution < 1.29 is 4.74 Å². The Bertz CT molecular complexity index is 1360. The maximum Gasteiger partial charge on any atom is 0.331 e. The zero-order chi connectivity index (χ0) is 21.3. The van der Waals surface area contributed by atoms with Crippen molar-refractivity contribution in [1.82, 2.24) is 9.13 Å². The molecule has 1 heterocycles. The number of para-hydroxylation sites is 1. The molecule has 0 N–H and O–H groups in total. The second-order valence-electron chi connectivity index (χ2n) is 6.92. The average molecular weight is 441 g/mol. The highest BCUT2D eigenvalue weighted by molar-refractivity contribution is 6.31. The molecule has 4 aromatic rings. The maximum atomic E-state index is 12.9. The van der Waals surface area contributed by atoms with Crippen molar-refractivity contribution in [2.24, 2.45) is 7.05 Å². The van der Waals surface area contributed by atoms with E-state index >= 15 is 0 Å². The first-order chi connectivity index (χ1) is 14.4. The molecule has 0 saturated heterocycles. The van der Waals surface area contributed by atoms with E-state index in [-0.39, 0.29) is 24.4 Å². The third-order valence-corrected chi connectivity index (χ3v) is 5.50. The van der Waals surface area contributed by atoms with Crippen LogP contribution in [0.25, 0.3) is 10.9 Å². The number of aryl methyl sites for hydroxylation is 1. The summed E-state index contributed by atoms with van der Waals surface area (Å²) in [6.45, 7) is 0.370. The Morgan fingerprint density at radius 3 is 2.53 bits per heavy atom. The highest BCUT2D eigenvalue weighted by Crippen LogP contribution is 2.22. The van der Waals surface area contributed by atoms with Crippen LogP contribution in [0, 0.1) is 0 Å². The van der Waals surface area contributed by atoms with E-state index in [1.165, 1.54) is 9.13 Å². The molecule has 0 radical (unpaired) electrons. The average Bonchev–Trinajstić information content (AvgIpc) is 2.75. The van der Waals surface area contributed by atoms with Gasteiger partial charge in [0.25, 0.3) is 5.56 Å². The second kappa shape index (κ2) is 8.38. The molecule has 0 aliphatic rings. The predicted octanol–water partition coefficient (Wildman–Crippen LogP) is 4.63. The smallest absolute Gasteiger partial charge is 0.331 e. The normalized spacial score (nSPS) is 11.0. The molecule has 3 aromatic carbocycles. The first-order valence-corrected chi connectivity index (χ1v) is 10.0. The number of hydrogen-bond donors (Lipinski definition) is 0. The van der Waals surface area contributed by atoms with Gasteiger partial charge in [0, 0.05) is 22.7 Å². The molecule has 0 spiro atoms. The Morgan fingerprint density at radius 2 is 1.73 bits per heavy atom. The molecule has 7 heteroatoms. The van der Waals surface area contributed by atoms with Gasteiger partial charge in [-0.2, -0.15) is 0 Å². The lowest BCUT2D eigenvalue weighted by Crippen LogP contribution is -2.39. The van der Waals surface area contributed by atoms with Crippen LogP contribution in [0.1, 0.15) is 11.1 Å². The molecule has 0 saturated carbocycles. The van der Waals surface area contributed by atoms with Crippen LogP contribution in [-0.4, -0.2) is 9.13 Å². The highest BCUT2D eigenvalue weighted by atomic mass is 35.5. The Morgan fingerprint density at radius 1 is 0.933 bits per heavy atom. The fourth-order valence-corrected chi connectivity index (χ4v) is 3.69. The van der Waals surface area contributed by atoms with E-state index < -0.39 is 0 Å². The molecule has 0 unspecified atom stereocenters. The van der Waals surface area contributed by atoms with E-state index in [1.807, 2.05) is 12.1 Å². The van der Waals surface area contributed by atoms with Crippen molar-refractivity contribution in [3.05, 3.63) is 109 Å². The summed E-state index contributed by atoms with van der Waals surface area (Å²) in [6, 6.07) is 19.5. The van der Waals surface area contributed by atoms with E-state index in [4.69, 9.17) is 27.9 Å². The number of ether oxygens (including phenoxy) is 1. The van der Waals surface area contributed by atoms with Crippen molar-refractivity contribution in [1.29, 1.82) is 0 Å². The van der Waals surface area contributed by atoms with Crippen LogP contribution in [-0.2, 0) is 20.2 Å². The molecule has 30 heavy (non-hydrogen) atoms. The van der Waals surface area contributed by atoms with E-state index in [0.717, 1.165) is 11.1 Å². The molecule has 0 atom stereocenters. The summed E-state index contributed by atoms with van der Waals surface area (Å²) in [5, 5.41) is 1.62. The molecule has 0 aliphatic carbocycles. The van der Waals surface area contributed by atoms with Gasteiger partial charge >= 0.3 is 5.69 Å². The molecule has 0 aliphatic heterocycles. The Labute approximate surface area is 182 Å². The topological polar surface area (TPSA) is 53.2 Å². The zero-order valence-electron chi connectivity index (χ0n) is 16.1. The fraction of sp³-hybridized carbons (Fsp3) is 0.130. The Kier molecular flexibility index (Phi) is 5.66. The second-order valence-corrected chi connectivity index (χ2v) is 7.77. The van der Waals surface area contributed by atoms with Crippen LogP contribution in [0.3, 0.4) is 0 Å². The van der Waals surface area contributed by atoms with E-state index in [1.54, 1.807) is 61.6 Å². The molecule has 1 aromatic heterocycles. The van der Waals surface area contributed by atoms with E-state index in [2.05, 4.69) is 0 Å². The van der Waals surface area contributed by atoms with Gasteiger partial charge in [-0.3, -0.25) is 13.9 Å². The molecule has 0 fully saturated rings. The minimum Gasteiger partial charge on any atom is -0.489 e. The third-order valence-electron chi connectivity index (χ3n) is 4.90. The number of nitrogens with zero attached hydrogens (tertiary/aromatic N) is 2. The van der Waals surface area contributed by atoms with Crippen LogP contribution in [0.5, 0.6) is 5.75 Å². The third kappa shape index (κ3) is 3.99. The summed E-state index contributed by atoms with van der Waals surface area (Å²) in [6.07, 6.45) is 0. The number of fused-ring (bicyclic) bond motifs is 1. The quantitative estimate of drug-likeness (QED) is 0.454. The number of benzene rings is 3. The van der Waals surface area contributed by atoms with Crippen molar-refractivity contribution in [3.63, 3.8) is 0 Å². The van der Waals surface area contributed by atoms with E-state index in [9.17, 15) is 9.59 Å². The van der Waals surface area contributed by atoms with Gasteiger partial charge in [0.1, 0.15) is 12.4 Å². The van der Waals surface area contributed by atoms with Crippen molar-refractivity contribution in [2.45, 2.75) is 13.2 Å². The monoisotopic (exact) mass is 440 g/mol. The molecule has 0 bridgehead atoms. The summed E-state index contributed by atoms with van der Waals surface area (Å²) in [7, 11) is 1.66. The largest absolute Gasteiger partial charge is 0.489 e. The van der Waals surface area contributed by atoms with Crippen LogP contribution >= 0.6 is 23.2 Å². The van der Waals surface area contributed by atoms with Crippen molar-refractivity contribution in [3.8, 4) is 5.75 Å². The fourth-order valence-electron chi connectivity index (χ4n) is 3.34. The van der Waals surface area contributed by atoms with Crippen LogP contribution in [0.2, 0.25) is 10.0 Å². The summed E-state index contributed by atoms with van der Waals surface area (Å²) in [5.74, 6) is 0.628. The molecule has 0 amide bonds. The minimum atomic E-state index is -0.370. The van der Waals surface area contributed by atoms with Gasteiger partial charge in [-0.1, -0.05) is 47.5 Å². The van der Waals surface area contributed by atoms with Crippen LogP contribution in [0.4, 0.5) is 0 Å². The predicted molar refractivity (Wildman–Crippen MR) is 120 cm³/mol. The zero-order valence-corrected chi connectivity index (χ0v) is 17.7. The molecule has 152 valence electrons. The summed E-state index contributed by atoms with van der Waals surface area (Å²) < 4.78 is 8.49. The Balaban J connectivity index is 1.65. The number of hydrogen-bond acceptors (Lipinski definition) is 3. The summed E-state index contributed by atoms with van der Waals surface area (Å²) >= 11 is 12.3. The molecule has 5 nitrogen and oxygen atoms in total. The first-order valence-electron chi connectivity index (χ1n) is 9.28. The van der Waals surface area contributed by atoms with Gasteiger partial charge < -0.3 is 4.74 Å². The number of halogens is 2. The lowest BCUT2D eigenvalue weighted by Gasteiger charge is -2.13. The van der Waals surface area contributed by atoms with E-state index in [0.29, 0.717) is 26.7 Å². The lowest BCUT2D eigenvalue weighted by molar-refractivity contribution is 0.306. The van der Waals surface area contributed by atoms with Crippen molar-refractivity contribution >= 4 is 34.1 Å². The summed E-state index contributed by atoms with van der Waals surface area (Å²) in [5.41, 5.74) is 1.44. The van der Waals surface area contributed by atoms with Gasteiger partial charge in [-0.05, 0) is 48.0 Å². The van der Waals surface area contributed by atoms with Crippen LogP contribution < -0.4 is 16.0 Å². The lowest BCUT2D eigenvalue weighted by atomic mass is 10.1. The highest BCUT2D eigenvalue weighted by Gasteiger charge is 2.12. The number of aromatic nitrogens is 2.